The lowest BCUT2D eigenvalue weighted by Crippen LogP contribution is -2.03. The molecule has 0 aliphatic carbocycles. The second-order valence-corrected chi connectivity index (χ2v) is 3.49. The summed E-state index contributed by atoms with van der Waals surface area (Å²) in [6.45, 7) is 4.21. The van der Waals surface area contributed by atoms with Gasteiger partial charge in [0.2, 0.25) is 0 Å². The van der Waals surface area contributed by atoms with Crippen LogP contribution in [0.25, 0.3) is 0 Å². The molecule has 5 heteroatoms. The van der Waals surface area contributed by atoms with Crippen LogP contribution in [0.2, 0.25) is 0 Å². The molecule has 1 unspecified atom stereocenters. The minimum atomic E-state index is -0.437. The second-order valence-electron chi connectivity index (χ2n) is 3.49. The van der Waals surface area contributed by atoms with Gasteiger partial charge >= 0.3 is 0 Å². The molecule has 0 heterocycles. The molecule has 0 aliphatic rings. The lowest BCUT2D eigenvalue weighted by molar-refractivity contribution is -0.384. The predicted molar refractivity (Wildman–Crippen MR) is 61.7 cm³/mol. The van der Waals surface area contributed by atoms with Gasteiger partial charge < -0.3 is 10.1 Å². The van der Waals surface area contributed by atoms with Crippen molar-refractivity contribution in [1.29, 1.82) is 0 Å². The Morgan fingerprint density at radius 2 is 2.25 bits per heavy atom. The summed E-state index contributed by atoms with van der Waals surface area (Å²) < 4.78 is 0. The van der Waals surface area contributed by atoms with Gasteiger partial charge in [-0.25, -0.2) is 0 Å². The summed E-state index contributed by atoms with van der Waals surface area (Å²) in [6.07, 6.45) is 0.816. The lowest BCUT2D eigenvalue weighted by Gasteiger charge is -2.08. The molecule has 0 aliphatic heterocycles. The van der Waals surface area contributed by atoms with E-state index in [0.29, 0.717) is 12.2 Å². The summed E-state index contributed by atoms with van der Waals surface area (Å²) in [5, 5.41) is 13.7. The molecule has 1 rings (SSSR count). The molecule has 0 aromatic heterocycles. The van der Waals surface area contributed by atoms with E-state index in [1.54, 1.807) is 19.1 Å². The van der Waals surface area contributed by atoms with E-state index in [1.807, 2.05) is 6.92 Å². The van der Waals surface area contributed by atoms with Crippen LogP contribution in [0.1, 0.15) is 25.3 Å². The molecule has 5 nitrogen and oxygen atoms in total. The van der Waals surface area contributed by atoms with Gasteiger partial charge in [-0.15, -0.1) is 0 Å². The van der Waals surface area contributed by atoms with Gasteiger partial charge in [0.15, 0.2) is 0 Å². The lowest BCUT2D eigenvalue weighted by atomic mass is 10.0. The molecule has 0 bridgehead atoms. The number of rotatable bonds is 5. The van der Waals surface area contributed by atoms with Crippen molar-refractivity contribution < 1.29 is 9.72 Å². The molecule has 1 atom stereocenters. The van der Waals surface area contributed by atoms with E-state index in [1.165, 1.54) is 6.07 Å². The van der Waals surface area contributed by atoms with Crippen LogP contribution >= 0.6 is 0 Å². The van der Waals surface area contributed by atoms with Crippen LogP contribution in [0.15, 0.2) is 18.2 Å². The number of benzene rings is 1. The van der Waals surface area contributed by atoms with Crippen LogP contribution in [0.4, 0.5) is 11.4 Å². The molecule has 16 heavy (non-hydrogen) atoms. The number of nitrogens with zero attached hydrogens (tertiary/aromatic N) is 1. The first-order valence-corrected chi connectivity index (χ1v) is 5.07. The van der Waals surface area contributed by atoms with Crippen molar-refractivity contribution in [3.8, 4) is 0 Å². The second kappa shape index (κ2) is 5.25. The Labute approximate surface area is 93.6 Å². The Hall–Kier alpha value is -1.91. The van der Waals surface area contributed by atoms with E-state index in [9.17, 15) is 14.9 Å². The SMILES string of the molecule is CCNc1cc(C(C)C=O)ccc1[N+](=O)[O-]. The molecule has 0 saturated heterocycles. The van der Waals surface area contributed by atoms with Crippen LogP contribution in [0.5, 0.6) is 0 Å². The summed E-state index contributed by atoms with van der Waals surface area (Å²) >= 11 is 0. The Balaban J connectivity index is 3.16. The van der Waals surface area contributed by atoms with E-state index in [-0.39, 0.29) is 11.6 Å². The zero-order chi connectivity index (χ0) is 12.1. The van der Waals surface area contributed by atoms with Gasteiger partial charge in [-0.2, -0.15) is 0 Å². The number of anilines is 1. The third-order valence-electron chi connectivity index (χ3n) is 2.31. The molecular weight excluding hydrogens is 208 g/mol. The number of hydrogen-bond donors (Lipinski definition) is 1. The van der Waals surface area contributed by atoms with E-state index < -0.39 is 4.92 Å². The Kier molecular flexibility index (Phi) is 3.99. The van der Waals surface area contributed by atoms with E-state index in [2.05, 4.69) is 5.32 Å². The molecule has 0 radical (unpaired) electrons. The smallest absolute Gasteiger partial charge is 0.292 e. The molecule has 0 saturated carbocycles. The fourth-order valence-corrected chi connectivity index (χ4v) is 1.41. The van der Waals surface area contributed by atoms with Gasteiger partial charge in [0, 0.05) is 18.5 Å². The van der Waals surface area contributed by atoms with Crippen molar-refractivity contribution in [1.82, 2.24) is 0 Å². The molecule has 0 fully saturated rings. The number of carbonyl (C=O) groups is 1. The number of nitro groups is 1. The largest absolute Gasteiger partial charge is 0.380 e. The highest BCUT2D eigenvalue weighted by atomic mass is 16.6. The number of nitrogens with one attached hydrogen (secondary N) is 1. The third-order valence-corrected chi connectivity index (χ3v) is 2.31. The van der Waals surface area contributed by atoms with Gasteiger partial charge in [-0.1, -0.05) is 13.0 Å². The third kappa shape index (κ3) is 2.56. The Morgan fingerprint density at radius 1 is 1.56 bits per heavy atom. The van der Waals surface area contributed by atoms with Crippen LogP contribution in [-0.2, 0) is 4.79 Å². The normalized spacial score (nSPS) is 11.9. The number of carbonyl (C=O) groups excluding carboxylic acids is 1. The van der Waals surface area contributed by atoms with Crippen LogP contribution in [0.3, 0.4) is 0 Å². The maximum Gasteiger partial charge on any atom is 0.292 e. The summed E-state index contributed by atoms with van der Waals surface area (Å²) in [5.74, 6) is -0.252. The predicted octanol–water partition coefficient (Wildman–Crippen LogP) is 2.33. The van der Waals surface area contributed by atoms with Crippen LogP contribution < -0.4 is 5.32 Å². The summed E-state index contributed by atoms with van der Waals surface area (Å²) in [4.78, 5) is 20.9. The average Bonchev–Trinajstić information content (AvgIpc) is 2.28. The van der Waals surface area contributed by atoms with E-state index in [0.717, 1.165) is 11.8 Å². The molecule has 86 valence electrons. The summed E-state index contributed by atoms with van der Waals surface area (Å²) in [6, 6.07) is 4.69. The first-order chi connectivity index (χ1) is 7.60. The van der Waals surface area contributed by atoms with Crippen molar-refractivity contribution in [3.63, 3.8) is 0 Å². The Bertz CT molecular complexity index is 404. The van der Waals surface area contributed by atoms with Gasteiger partial charge in [0.05, 0.1) is 4.92 Å². The van der Waals surface area contributed by atoms with Crippen molar-refractivity contribution in [3.05, 3.63) is 33.9 Å². The van der Waals surface area contributed by atoms with Crippen molar-refractivity contribution in [2.75, 3.05) is 11.9 Å². The first kappa shape index (κ1) is 12.2. The van der Waals surface area contributed by atoms with Crippen molar-refractivity contribution in [2.24, 2.45) is 0 Å². The summed E-state index contributed by atoms with van der Waals surface area (Å²) in [5.41, 5.74) is 1.26. The molecule has 1 aromatic carbocycles. The average molecular weight is 222 g/mol. The highest BCUT2D eigenvalue weighted by Crippen LogP contribution is 2.27. The number of nitro benzene ring substituents is 1. The van der Waals surface area contributed by atoms with Gasteiger partial charge in [0.1, 0.15) is 12.0 Å². The van der Waals surface area contributed by atoms with Gasteiger partial charge in [-0.3, -0.25) is 10.1 Å². The van der Waals surface area contributed by atoms with Crippen molar-refractivity contribution >= 4 is 17.7 Å². The first-order valence-electron chi connectivity index (χ1n) is 5.07. The molecule has 1 N–H and O–H groups in total. The monoisotopic (exact) mass is 222 g/mol. The fourth-order valence-electron chi connectivity index (χ4n) is 1.41. The maximum atomic E-state index is 10.7. The number of hydrogen-bond acceptors (Lipinski definition) is 4. The van der Waals surface area contributed by atoms with Crippen molar-refractivity contribution in [2.45, 2.75) is 19.8 Å². The minimum absolute atomic E-state index is 0.0312. The fraction of sp³-hybridized carbons (Fsp3) is 0.364. The molecule has 0 spiro atoms. The molecule has 1 aromatic rings. The topological polar surface area (TPSA) is 72.2 Å². The van der Waals surface area contributed by atoms with Crippen LogP contribution in [0, 0.1) is 10.1 Å². The maximum absolute atomic E-state index is 10.7. The quantitative estimate of drug-likeness (QED) is 0.471. The highest BCUT2D eigenvalue weighted by Gasteiger charge is 2.15. The van der Waals surface area contributed by atoms with Gasteiger partial charge in [0.25, 0.3) is 5.69 Å². The molecular formula is C11H14N2O3. The van der Waals surface area contributed by atoms with E-state index >= 15 is 0 Å². The van der Waals surface area contributed by atoms with Crippen LogP contribution in [-0.4, -0.2) is 17.8 Å². The Morgan fingerprint density at radius 3 is 2.75 bits per heavy atom. The number of aldehydes is 1. The highest BCUT2D eigenvalue weighted by molar-refractivity contribution is 5.68. The van der Waals surface area contributed by atoms with Gasteiger partial charge in [-0.05, 0) is 18.6 Å². The minimum Gasteiger partial charge on any atom is -0.380 e. The zero-order valence-corrected chi connectivity index (χ0v) is 9.27. The summed E-state index contributed by atoms with van der Waals surface area (Å²) in [7, 11) is 0. The van der Waals surface area contributed by atoms with E-state index in [4.69, 9.17) is 0 Å². The molecule has 0 amide bonds. The zero-order valence-electron chi connectivity index (χ0n) is 9.27. The standard InChI is InChI=1S/C11H14N2O3/c1-3-12-10-6-9(8(2)7-14)4-5-11(10)13(15)16/h4-8,12H,3H2,1-2H3.